The summed E-state index contributed by atoms with van der Waals surface area (Å²) in [6.07, 6.45) is 7.33. The van der Waals surface area contributed by atoms with Gasteiger partial charge in [-0.05, 0) is 250 Å². The largest absolute Gasteiger partial charge is 0.456 e. The molecule has 27 aromatic rings. The van der Waals surface area contributed by atoms with Crippen molar-refractivity contribution in [1.82, 2.24) is 43.6 Å². The Bertz CT molecular complexity index is 8680. The lowest BCUT2D eigenvalue weighted by Gasteiger charge is -2.12. The lowest BCUT2D eigenvalue weighted by Crippen LogP contribution is -2.01. The van der Waals surface area contributed by atoms with Crippen LogP contribution in [0.2, 0.25) is 0 Å². The molecule has 0 N–H and O–H groups in total. The Morgan fingerprint density at radius 1 is 0.152 bits per heavy atom. The fraction of sp³-hybridized carbons (Fsp3) is 0. The molecule has 0 bridgehead atoms. The highest BCUT2D eigenvalue weighted by Gasteiger charge is 2.23. The second-order valence-corrected chi connectivity index (χ2v) is 33.2. The van der Waals surface area contributed by atoms with Crippen LogP contribution in [0.5, 0.6) is 0 Å². The topological polar surface area (TPSA) is 132 Å². The minimum absolute atomic E-state index is 0.798. The predicted molar refractivity (Wildman–Crippen MR) is 540 cm³/mol. The van der Waals surface area contributed by atoms with Gasteiger partial charge < -0.3 is 17.8 Å². The van der Waals surface area contributed by atoms with Crippen molar-refractivity contribution in [1.29, 1.82) is 0 Å². The molecule has 0 aliphatic carbocycles. The number of para-hydroxylation sites is 6. The first-order chi connectivity index (χ1) is 65.4. The molecule has 0 aliphatic heterocycles. The number of pyridine rings is 6. The molecule has 0 atom stereocenters. The van der Waals surface area contributed by atoms with Crippen molar-refractivity contribution < 1.29 is 13.3 Å². The smallest absolute Gasteiger partial charge is 0.139 e. The Kier molecular flexibility index (Phi) is 18.6. The Morgan fingerprint density at radius 2 is 0.455 bits per heavy atom. The quantitative estimate of drug-likeness (QED) is 0.117. The average molecular weight is 1690 g/mol. The summed E-state index contributed by atoms with van der Waals surface area (Å²) in [5.41, 5.74) is 32.1. The third-order valence-electron chi connectivity index (χ3n) is 25.4. The van der Waals surface area contributed by atoms with Crippen molar-refractivity contribution in [2.75, 3.05) is 0 Å². The highest BCUT2D eigenvalue weighted by molar-refractivity contribution is 6.15. The van der Waals surface area contributed by atoms with Crippen molar-refractivity contribution in [2.45, 2.75) is 0 Å². The van der Waals surface area contributed by atoms with Crippen LogP contribution in [0.3, 0.4) is 0 Å². The number of aromatic nitrogens is 9. The van der Waals surface area contributed by atoms with Crippen LogP contribution >= 0.6 is 0 Å². The first-order valence-electron chi connectivity index (χ1n) is 44.2. The monoisotopic (exact) mass is 1690 g/mol. The fourth-order valence-corrected chi connectivity index (χ4v) is 19.2. The molecule has 12 nitrogen and oxygen atoms in total. The van der Waals surface area contributed by atoms with Gasteiger partial charge in [-0.25, -0.2) is 9.97 Å². The van der Waals surface area contributed by atoms with Crippen LogP contribution in [-0.2, 0) is 0 Å². The Labute approximate surface area is 756 Å². The van der Waals surface area contributed by atoms with Gasteiger partial charge in [0, 0.05) is 106 Å². The molecule has 27 rings (SSSR count). The molecule has 15 aromatic carbocycles. The second kappa shape index (κ2) is 32.1. The highest BCUT2D eigenvalue weighted by Crippen LogP contribution is 2.44. The van der Waals surface area contributed by atoms with Crippen LogP contribution in [-0.4, -0.2) is 43.6 Å². The molecule has 0 spiro atoms. The zero-order valence-electron chi connectivity index (χ0n) is 71.1. The molecule has 12 heterocycles. The maximum Gasteiger partial charge on any atom is 0.139 e. The van der Waals surface area contributed by atoms with Crippen molar-refractivity contribution >= 4 is 131 Å². The van der Waals surface area contributed by atoms with Gasteiger partial charge in [0.05, 0.1) is 67.3 Å². The number of nitrogens with zero attached hydrogens (tertiary/aromatic N) is 9. The zero-order chi connectivity index (χ0) is 87.1. The van der Waals surface area contributed by atoms with E-state index >= 15 is 0 Å². The van der Waals surface area contributed by atoms with Gasteiger partial charge in [-0.1, -0.05) is 237 Å². The van der Waals surface area contributed by atoms with E-state index in [0.717, 1.165) is 189 Å². The Hall–Kier alpha value is -18.0. The lowest BCUT2D eigenvalue weighted by molar-refractivity contribution is 0.668. The highest BCUT2D eigenvalue weighted by atomic mass is 16.3. The van der Waals surface area contributed by atoms with E-state index in [4.69, 9.17) is 23.2 Å². The van der Waals surface area contributed by atoms with Gasteiger partial charge in [0.2, 0.25) is 0 Å². The van der Waals surface area contributed by atoms with E-state index in [0.29, 0.717) is 0 Å². The van der Waals surface area contributed by atoms with E-state index in [9.17, 15) is 0 Å². The summed E-state index contributed by atoms with van der Waals surface area (Å²) in [6, 6.07) is 150. The van der Waals surface area contributed by atoms with Crippen LogP contribution in [0.1, 0.15) is 0 Å². The van der Waals surface area contributed by atoms with Crippen LogP contribution in [0.15, 0.2) is 469 Å². The van der Waals surface area contributed by atoms with Crippen molar-refractivity contribution in [3.05, 3.63) is 455 Å². The molecule has 0 saturated carbocycles. The number of rotatable bonds is 12. The van der Waals surface area contributed by atoms with Gasteiger partial charge >= 0.3 is 0 Å². The zero-order valence-corrected chi connectivity index (χ0v) is 71.1. The molecule has 132 heavy (non-hydrogen) atoms. The third-order valence-corrected chi connectivity index (χ3v) is 25.4. The summed E-state index contributed by atoms with van der Waals surface area (Å²) >= 11 is 0. The summed E-state index contributed by atoms with van der Waals surface area (Å²) < 4.78 is 25.1. The molecule has 0 unspecified atom stereocenters. The van der Waals surface area contributed by atoms with E-state index in [1.165, 1.54) is 60.0 Å². The van der Waals surface area contributed by atoms with Gasteiger partial charge in [-0.3, -0.25) is 29.1 Å². The minimum atomic E-state index is 0.798. The fourth-order valence-electron chi connectivity index (χ4n) is 19.2. The van der Waals surface area contributed by atoms with E-state index < -0.39 is 0 Å². The summed E-state index contributed by atoms with van der Waals surface area (Å²) in [7, 11) is 0. The van der Waals surface area contributed by atoms with Gasteiger partial charge in [-0.2, -0.15) is 0 Å². The van der Waals surface area contributed by atoms with Crippen molar-refractivity contribution in [3.63, 3.8) is 0 Å². The molecule has 618 valence electrons. The lowest BCUT2D eigenvalue weighted by atomic mass is 10.0. The van der Waals surface area contributed by atoms with Gasteiger partial charge in [0.25, 0.3) is 0 Å². The summed E-state index contributed by atoms with van der Waals surface area (Å²) in [5.74, 6) is 1.68. The number of furan rings is 3. The standard InChI is InChI=1S/C41H26N2O.C40H25N3O.C39H24N4O/c1-2-8-27(9-3-1)31-22-23-42-37(26-31)28-14-18-32(19-15-28)43-38-12-6-4-10-33(38)35-24-29(16-20-39(35)43)30-17-21-41-36(25-30)34-11-5-7-13-40(34)44-41;1-2-10-26(11-3-1)29-24-35(34-14-8-9-21-41-34)42-40(25-29)43-36-15-6-4-12-30(36)32-22-27(17-19-37(32)43)28-18-20-39-33(23-28)31-13-5-7-16-38(31)44-39;1-3-13-35-28(9-1)30-21-25(26-16-18-38-31(22-26)29-10-2-4-14-37(29)44-38)15-17-36(30)43(35)39-24-27(32-11-5-7-19-40-32)23-34(42-39)33-12-6-8-20-41-33/h1-26H;1-25H;1-24H. The molecular formula is C120H75N9O3. The molecule has 0 radical (unpaired) electrons. The Morgan fingerprint density at radius 3 is 0.886 bits per heavy atom. The number of hydrogen-bond acceptors (Lipinski definition) is 9. The van der Waals surface area contributed by atoms with Crippen LogP contribution in [0.4, 0.5) is 0 Å². The molecule has 0 saturated heterocycles. The minimum Gasteiger partial charge on any atom is -0.456 e. The van der Waals surface area contributed by atoms with E-state index in [1.54, 1.807) is 6.20 Å². The SMILES string of the molecule is c1ccc(-c2cc(-c3ccccn3)nc(-n3c4ccccc4c4cc(-c5ccc6oc7ccccc7c6c5)ccc43)c2)cc1.c1ccc(-c2cc(-c3ccccn3)nc(-n3c4ccccc4c4cc(-c5ccc6oc7ccccc7c6c5)ccc43)c2)nc1.c1ccc(-c2ccnc(-c3ccc(-n4c5ccccc5c5cc(-c6ccc7oc8ccccc8c7c6)ccc54)cc3)c2)cc1. The molecule has 0 amide bonds. The van der Waals surface area contributed by atoms with Gasteiger partial charge in [-0.15, -0.1) is 0 Å². The van der Waals surface area contributed by atoms with Crippen LogP contribution in [0.25, 0.3) is 249 Å². The summed E-state index contributed by atoms with van der Waals surface area (Å²) in [5, 5.41) is 14.0. The molecule has 0 aliphatic rings. The first kappa shape index (κ1) is 76.4. The van der Waals surface area contributed by atoms with Gasteiger partial charge in [0.15, 0.2) is 0 Å². The molecular weight excluding hydrogens is 1620 g/mol. The molecule has 12 heteroatoms. The maximum atomic E-state index is 6.09. The van der Waals surface area contributed by atoms with E-state index in [2.05, 4.69) is 361 Å². The number of benzene rings is 15. The average Bonchev–Trinajstić information content (AvgIpc) is 1.59. The first-order valence-corrected chi connectivity index (χ1v) is 44.2. The van der Waals surface area contributed by atoms with Crippen molar-refractivity contribution in [3.8, 4) is 118 Å². The Balaban J connectivity index is 0.000000106. The number of hydrogen-bond donors (Lipinski definition) is 0. The molecule has 12 aromatic heterocycles. The normalized spacial score (nSPS) is 11.6. The summed E-state index contributed by atoms with van der Waals surface area (Å²) in [6.45, 7) is 0. The third kappa shape index (κ3) is 13.6. The van der Waals surface area contributed by atoms with E-state index in [-0.39, 0.29) is 0 Å². The van der Waals surface area contributed by atoms with Crippen LogP contribution in [0, 0.1) is 0 Å². The van der Waals surface area contributed by atoms with E-state index in [1.807, 2.05) is 122 Å². The molecule has 0 fully saturated rings. The number of fused-ring (bicyclic) bond motifs is 18. The second-order valence-electron chi connectivity index (χ2n) is 33.2. The van der Waals surface area contributed by atoms with Gasteiger partial charge in [0.1, 0.15) is 45.1 Å². The van der Waals surface area contributed by atoms with Crippen LogP contribution < -0.4 is 0 Å². The van der Waals surface area contributed by atoms with Crippen molar-refractivity contribution in [2.24, 2.45) is 0 Å². The maximum absolute atomic E-state index is 6.09. The predicted octanol–water partition coefficient (Wildman–Crippen LogP) is 31.4. The summed E-state index contributed by atoms with van der Waals surface area (Å²) in [4.78, 5) is 29.0.